The highest BCUT2D eigenvalue weighted by atomic mass is 16.2. The summed E-state index contributed by atoms with van der Waals surface area (Å²) < 4.78 is 0. The van der Waals surface area contributed by atoms with Gasteiger partial charge >= 0.3 is 0 Å². The van der Waals surface area contributed by atoms with Gasteiger partial charge in [-0.25, -0.2) is 4.99 Å². The van der Waals surface area contributed by atoms with Crippen LogP contribution in [-0.4, -0.2) is 61.4 Å². The minimum absolute atomic E-state index is 0.00531. The number of rotatable bonds is 8. The standard InChI is InChI=1S/C20H37N5O2/c1-2-21-20(23-16-18(26)24-17-10-5-3-6-11-17)22-13-9-15-25-14-8-4-7-12-19(25)27/h17H,2-16H2,1H3,(H,24,26)(H2,21,22,23). The molecule has 0 aromatic rings. The molecule has 0 aromatic heterocycles. The van der Waals surface area contributed by atoms with Crippen molar-refractivity contribution in [3.05, 3.63) is 0 Å². The molecule has 2 fully saturated rings. The number of carbonyl (C=O) groups excluding carboxylic acids is 2. The van der Waals surface area contributed by atoms with Crippen LogP contribution in [0.15, 0.2) is 4.99 Å². The Morgan fingerprint density at radius 1 is 1.11 bits per heavy atom. The Morgan fingerprint density at radius 3 is 2.67 bits per heavy atom. The zero-order valence-electron chi connectivity index (χ0n) is 16.9. The van der Waals surface area contributed by atoms with E-state index in [0.717, 1.165) is 64.7 Å². The maximum Gasteiger partial charge on any atom is 0.242 e. The zero-order chi connectivity index (χ0) is 19.3. The molecule has 0 atom stereocenters. The van der Waals surface area contributed by atoms with E-state index in [9.17, 15) is 9.59 Å². The van der Waals surface area contributed by atoms with Gasteiger partial charge in [0.1, 0.15) is 6.54 Å². The van der Waals surface area contributed by atoms with Crippen molar-refractivity contribution in [2.24, 2.45) is 4.99 Å². The van der Waals surface area contributed by atoms with E-state index in [0.29, 0.717) is 18.4 Å². The predicted octanol–water partition coefficient (Wildman–Crippen LogP) is 1.78. The summed E-state index contributed by atoms with van der Waals surface area (Å²) in [6.45, 7) is 5.31. The highest BCUT2D eigenvalue weighted by Gasteiger charge is 2.16. The van der Waals surface area contributed by atoms with Crippen molar-refractivity contribution in [1.29, 1.82) is 0 Å². The van der Waals surface area contributed by atoms with E-state index in [1.54, 1.807) is 0 Å². The van der Waals surface area contributed by atoms with Crippen LogP contribution in [0.3, 0.4) is 0 Å². The number of hydrogen-bond acceptors (Lipinski definition) is 3. The van der Waals surface area contributed by atoms with Crippen LogP contribution in [0, 0.1) is 0 Å². The maximum absolute atomic E-state index is 12.1. The Labute approximate surface area is 163 Å². The summed E-state index contributed by atoms with van der Waals surface area (Å²) >= 11 is 0. The third-order valence-corrected chi connectivity index (χ3v) is 5.26. The first-order valence-corrected chi connectivity index (χ1v) is 10.8. The number of carbonyl (C=O) groups is 2. The topological polar surface area (TPSA) is 85.8 Å². The van der Waals surface area contributed by atoms with Crippen molar-refractivity contribution in [2.45, 2.75) is 77.2 Å². The molecule has 0 unspecified atom stereocenters. The number of nitrogens with zero attached hydrogens (tertiary/aromatic N) is 2. The fraction of sp³-hybridized carbons (Fsp3) is 0.850. The van der Waals surface area contributed by atoms with Gasteiger partial charge in [-0.05, 0) is 39.0 Å². The lowest BCUT2D eigenvalue weighted by molar-refractivity contribution is -0.130. The van der Waals surface area contributed by atoms with Gasteiger partial charge in [-0.2, -0.15) is 0 Å². The van der Waals surface area contributed by atoms with Crippen molar-refractivity contribution < 1.29 is 9.59 Å². The summed E-state index contributed by atoms with van der Waals surface area (Å²) in [5.41, 5.74) is 0. The highest BCUT2D eigenvalue weighted by Crippen LogP contribution is 2.17. The first kappa shape index (κ1) is 21.5. The molecule has 2 rings (SSSR count). The quantitative estimate of drug-likeness (QED) is 0.341. The molecule has 27 heavy (non-hydrogen) atoms. The van der Waals surface area contributed by atoms with Crippen LogP contribution in [0.4, 0.5) is 0 Å². The van der Waals surface area contributed by atoms with E-state index in [2.05, 4.69) is 20.9 Å². The molecule has 1 saturated heterocycles. The Hall–Kier alpha value is -1.79. The number of aliphatic imine (C=N–C) groups is 1. The lowest BCUT2D eigenvalue weighted by Gasteiger charge is -2.22. The minimum Gasteiger partial charge on any atom is -0.357 e. The van der Waals surface area contributed by atoms with Gasteiger partial charge in [0.2, 0.25) is 11.8 Å². The van der Waals surface area contributed by atoms with Crippen LogP contribution in [0.1, 0.15) is 71.1 Å². The summed E-state index contributed by atoms with van der Waals surface area (Å²) in [6, 6.07) is 0.322. The molecule has 0 spiro atoms. The fourth-order valence-corrected chi connectivity index (χ4v) is 3.76. The smallest absolute Gasteiger partial charge is 0.242 e. The van der Waals surface area contributed by atoms with E-state index in [4.69, 9.17) is 0 Å². The zero-order valence-corrected chi connectivity index (χ0v) is 16.9. The molecule has 1 saturated carbocycles. The van der Waals surface area contributed by atoms with Crippen LogP contribution >= 0.6 is 0 Å². The van der Waals surface area contributed by atoms with Gasteiger partial charge in [0, 0.05) is 38.6 Å². The number of nitrogens with one attached hydrogen (secondary N) is 3. The lowest BCUT2D eigenvalue weighted by atomic mass is 9.95. The van der Waals surface area contributed by atoms with Crippen molar-refractivity contribution in [3.8, 4) is 0 Å². The highest BCUT2D eigenvalue weighted by molar-refractivity contribution is 5.85. The molecule has 3 N–H and O–H groups in total. The number of amides is 2. The molecule has 2 aliphatic rings. The minimum atomic E-state index is -0.00531. The normalized spacial score (nSPS) is 19.5. The Balaban J connectivity index is 1.67. The predicted molar refractivity (Wildman–Crippen MR) is 109 cm³/mol. The van der Waals surface area contributed by atoms with Gasteiger partial charge in [-0.15, -0.1) is 0 Å². The summed E-state index contributed by atoms with van der Waals surface area (Å²) in [4.78, 5) is 30.5. The SMILES string of the molecule is CCNC(=NCC(=O)NC1CCCCC1)NCCCN1CCCCCC1=O. The Kier molecular flexibility index (Phi) is 10.0. The summed E-state index contributed by atoms with van der Waals surface area (Å²) in [5, 5.41) is 9.54. The first-order valence-electron chi connectivity index (χ1n) is 10.8. The van der Waals surface area contributed by atoms with E-state index < -0.39 is 0 Å². The van der Waals surface area contributed by atoms with Crippen molar-refractivity contribution in [3.63, 3.8) is 0 Å². The summed E-state index contributed by atoms with van der Waals surface area (Å²) in [7, 11) is 0. The van der Waals surface area contributed by atoms with Crippen molar-refractivity contribution in [2.75, 3.05) is 32.7 Å². The monoisotopic (exact) mass is 379 g/mol. The van der Waals surface area contributed by atoms with Gasteiger partial charge < -0.3 is 20.9 Å². The maximum atomic E-state index is 12.1. The largest absolute Gasteiger partial charge is 0.357 e. The molecular weight excluding hydrogens is 342 g/mol. The van der Waals surface area contributed by atoms with Gasteiger partial charge in [-0.1, -0.05) is 25.7 Å². The summed E-state index contributed by atoms with van der Waals surface area (Å²) in [5.74, 6) is 0.945. The molecule has 0 radical (unpaired) electrons. The average molecular weight is 380 g/mol. The van der Waals surface area contributed by atoms with Crippen LogP contribution < -0.4 is 16.0 Å². The molecule has 154 valence electrons. The third kappa shape index (κ3) is 8.63. The second-order valence-corrected chi connectivity index (χ2v) is 7.57. The van der Waals surface area contributed by atoms with Crippen LogP contribution in [-0.2, 0) is 9.59 Å². The van der Waals surface area contributed by atoms with Crippen LogP contribution in [0.25, 0.3) is 0 Å². The van der Waals surface area contributed by atoms with Gasteiger partial charge in [0.05, 0.1) is 0 Å². The molecule has 0 aromatic carbocycles. The van der Waals surface area contributed by atoms with E-state index in [-0.39, 0.29) is 18.4 Å². The summed E-state index contributed by atoms with van der Waals surface area (Å²) in [6.07, 6.45) is 10.7. The molecule has 2 amide bonds. The third-order valence-electron chi connectivity index (χ3n) is 5.26. The first-order chi connectivity index (χ1) is 13.2. The average Bonchev–Trinajstić information content (AvgIpc) is 2.88. The van der Waals surface area contributed by atoms with Crippen molar-refractivity contribution >= 4 is 17.8 Å². The number of hydrogen-bond donors (Lipinski definition) is 3. The second-order valence-electron chi connectivity index (χ2n) is 7.57. The van der Waals surface area contributed by atoms with Gasteiger partial charge in [0.25, 0.3) is 0 Å². The van der Waals surface area contributed by atoms with Crippen molar-refractivity contribution in [1.82, 2.24) is 20.9 Å². The van der Waals surface area contributed by atoms with Gasteiger partial charge in [0.15, 0.2) is 5.96 Å². The Bertz CT molecular complexity index is 489. The molecule has 0 bridgehead atoms. The lowest BCUT2D eigenvalue weighted by Crippen LogP contribution is -2.41. The van der Waals surface area contributed by atoms with E-state index in [1.165, 1.54) is 19.3 Å². The van der Waals surface area contributed by atoms with E-state index in [1.807, 2.05) is 11.8 Å². The van der Waals surface area contributed by atoms with E-state index >= 15 is 0 Å². The molecule has 7 heteroatoms. The second kappa shape index (κ2) is 12.6. The molecular formula is C20H37N5O2. The van der Waals surface area contributed by atoms with Crippen LogP contribution in [0.2, 0.25) is 0 Å². The molecule has 1 aliphatic carbocycles. The molecule has 7 nitrogen and oxygen atoms in total. The van der Waals surface area contributed by atoms with Crippen LogP contribution in [0.5, 0.6) is 0 Å². The molecule has 1 aliphatic heterocycles. The number of guanidine groups is 1. The Morgan fingerprint density at radius 2 is 1.89 bits per heavy atom. The van der Waals surface area contributed by atoms with Gasteiger partial charge in [-0.3, -0.25) is 9.59 Å². The fourth-order valence-electron chi connectivity index (χ4n) is 3.76. The number of likely N-dealkylation sites (tertiary alicyclic amines) is 1. The molecule has 1 heterocycles.